The quantitative estimate of drug-likeness (QED) is 0.804. The molecule has 1 fully saturated rings. The van der Waals surface area contributed by atoms with Crippen LogP contribution in [0.1, 0.15) is 18.9 Å². The molecule has 0 aromatic heterocycles. The Balaban J connectivity index is 2.10. The topological polar surface area (TPSA) is 44.7 Å². The number of nitrogens with zero attached hydrogens (tertiary/aromatic N) is 1. The first-order chi connectivity index (χ1) is 8.76. The Bertz CT molecular complexity index is 391. The maximum atomic E-state index is 10.1. The van der Waals surface area contributed by atoms with Gasteiger partial charge in [0.2, 0.25) is 0 Å². The summed E-state index contributed by atoms with van der Waals surface area (Å²) in [5.41, 5.74) is 0.940. The van der Waals surface area contributed by atoms with Crippen molar-refractivity contribution < 1.29 is 9.84 Å². The van der Waals surface area contributed by atoms with Gasteiger partial charge in [0.15, 0.2) is 11.5 Å². The Hall–Kier alpha value is -1.26. The summed E-state index contributed by atoms with van der Waals surface area (Å²) in [6, 6.07) is 6.27. The van der Waals surface area contributed by atoms with Crippen LogP contribution in [0.4, 0.5) is 0 Å². The van der Waals surface area contributed by atoms with E-state index in [2.05, 4.69) is 17.1 Å². The monoisotopic (exact) mass is 250 g/mol. The summed E-state index contributed by atoms with van der Waals surface area (Å²) >= 11 is 0. The Morgan fingerprint density at radius 2 is 2.22 bits per heavy atom. The van der Waals surface area contributed by atoms with Crippen LogP contribution in [0.2, 0.25) is 0 Å². The van der Waals surface area contributed by atoms with Crippen molar-refractivity contribution in [3.63, 3.8) is 0 Å². The van der Waals surface area contributed by atoms with Crippen LogP contribution in [0.3, 0.4) is 0 Å². The lowest BCUT2D eigenvalue weighted by molar-refractivity contribution is 0.136. The predicted octanol–water partition coefficient (Wildman–Crippen LogP) is 1.58. The van der Waals surface area contributed by atoms with E-state index < -0.39 is 0 Å². The number of hydrogen-bond acceptors (Lipinski definition) is 4. The summed E-state index contributed by atoms with van der Waals surface area (Å²) in [6.45, 7) is 6.12. The lowest BCUT2D eigenvalue weighted by Gasteiger charge is -2.38. The summed E-state index contributed by atoms with van der Waals surface area (Å²) in [6.07, 6.45) is 1.13. The average molecular weight is 250 g/mol. The van der Waals surface area contributed by atoms with Gasteiger partial charge in [0.05, 0.1) is 7.11 Å². The summed E-state index contributed by atoms with van der Waals surface area (Å²) in [5.74, 6) is 0.823. The number of hydrogen-bond donors (Lipinski definition) is 2. The average Bonchev–Trinajstić information content (AvgIpc) is 2.30. The van der Waals surface area contributed by atoms with Crippen molar-refractivity contribution >= 4 is 0 Å². The third-order valence-corrected chi connectivity index (χ3v) is 3.46. The third kappa shape index (κ3) is 2.76. The van der Waals surface area contributed by atoms with Gasteiger partial charge in [0, 0.05) is 31.2 Å². The summed E-state index contributed by atoms with van der Waals surface area (Å²) in [4.78, 5) is 2.42. The molecular formula is C14H22N2O2. The summed E-state index contributed by atoms with van der Waals surface area (Å²) < 4.78 is 5.15. The number of ether oxygens (including phenoxy) is 1. The highest BCUT2D eigenvalue weighted by molar-refractivity contribution is 5.45. The number of benzene rings is 1. The van der Waals surface area contributed by atoms with Crippen molar-refractivity contribution in [3.8, 4) is 11.5 Å². The largest absolute Gasteiger partial charge is 0.504 e. The van der Waals surface area contributed by atoms with E-state index in [1.807, 2.05) is 12.1 Å². The molecule has 4 heteroatoms. The van der Waals surface area contributed by atoms with Gasteiger partial charge in [0.25, 0.3) is 0 Å². The number of rotatable bonds is 6. The van der Waals surface area contributed by atoms with Gasteiger partial charge >= 0.3 is 0 Å². The molecule has 2 rings (SSSR count). The number of aromatic hydroxyl groups is 1. The van der Waals surface area contributed by atoms with E-state index in [4.69, 9.17) is 4.74 Å². The van der Waals surface area contributed by atoms with Gasteiger partial charge in [-0.15, -0.1) is 0 Å². The van der Waals surface area contributed by atoms with E-state index in [0.29, 0.717) is 11.8 Å². The fourth-order valence-electron chi connectivity index (χ4n) is 2.29. The third-order valence-electron chi connectivity index (χ3n) is 3.46. The zero-order valence-corrected chi connectivity index (χ0v) is 11.1. The molecule has 0 atom stereocenters. The number of nitrogens with one attached hydrogen (secondary N) is 1. The van der Waals surface area contributed by atoms with Crippen molar-refractivity contribution in [2.45, 2.75) is 25.9 Å². The molecule has 0 spiro atoms. The van der Waals surface area contributed by atoms with Crippen LogP contribution in [0.25, 0.3) is 0 Å². The minimum Gasteiger partial charge on any atom is -0.504 e. The molecule has 1 aliphatic rings. The molecule has 0 bridgehead atoms. The molecule has 0 unspecified atom stereocenters. The maximum absolute atomic E-state index is 10.1. The second kappa shape index (κ2) is 6.07. The molecule has 0 saturated carbocycles. The van der Waals surface area contributed by atoms with Crippen molar-refractivity contribution in [1.82, 2.24) is 10.2 Å². The van der Waals surface area contributed by atoms with Crippen LogP contribution >= 0.6 is 0 Å². The van der Waals surface area contributed by atoms with Gasteiger partial charge in [-0.25, -0.2) is 0 Å². The van der Waals surface area contributed by atoms with Gasteiger partial charge in [-0.05, 0) is 19.0 Å². The highest BCUT2D eigenvalue weighted by Gasteiger charge is 2.24. The molecule has 0 aliphatic carbocycles. The van der Waals surface area contributed by atoms with Crippen LogP contribution in [-0.4, -0.2) is 42.8 Å². The lowest BCUT2D eigenvalue weighted by atomic mass is 10.1. The number of phenolic OH excluding ortho intramolecular Hbond substituents is 1. The molecule has 100 valence electrons. The molecule has 18 heavy (non-hydrogen) atoms. The van der Waals surface area contributed by atoms with Crippen molar-refractivity contribution in [2.75, 3.05) is 26.7 Å². The second-order valence-corrected chi connectivity index (χ2v) is 4.75. The van der Waals surface area contributed by atoms with Crippen molar-refractivity contribution in [3.05, 3.63) is 23.8 Å². The molecule has 1 aliphatic heterocycles. The van der Waals surface area contributed by atoms with Gasteiger partial charge in [-0.2, -0.15) is 0 Å². The van der Waals surface area contributed by atoms with E-state index in [1.165, 1.54) is 0 Å². The minimum absolute atomic E-state index is 0.272. The van der Waals surface area contributed by atoms with Crippen molar-refractivity contribution in [1.29, 1.82) is 0 Å². The first-order valence-electron chi connectivity index (χ1n) is 6.55. The number of para-hydroxylation sites is 1. The van der Waals surface area contributed by atoms with Gasteiger partial charge in [0.1, 0.15) is 0 Å². The predicted molar refractivity (Wildman–Crippen MR) is 72.0 cm³/mol. The standard InChI is InChI=1S/C14H22N2O2/c1-3-7-16(12-8-15-9-12)10-11-5-4-6-13(18-2)14(11)17/h4-6,12,15,17H,3,7-10H2,1-2H3. The molecule has 1 heterocycles. The van der Waals surface area contributed by atoms with Crippen LogP contribution in [-0.2, 0) is 6.54 Å². The molecule has 1 aromatic rings. The lowest BCUT2D eigenvalue weighted by Crippen LogP contribution is -2.56. The summed E-state index contributed by atoms with van der Waals surface area (Å²) in [5, 5.41) is 13.4. The second-order valence-electron chi connectivity index (χ2n) is 4.75. The Morgan fingerprint density at radius 3 is 2.78 bits per heavy atom. The van der Waals surface area contributed by atoms with E-state index in [1.54, 1.807) is 13.2 Å². The van der Waals surface area contributed by atoms with Gasteiger partial charge < -0.3 is 15.2 Å². The zero-order chi connectivity index (χ0) is 13.0. The van der Waals surface area contributed by atoms with E-state index in [9.17, 15) is 5.11 Å². The Labute approximate surface area is 109 Å². The molecule has 2 N–H and O–H groups in total. The molecule has 4 nitrogen and oxygen atoms in total. The van der Waals surface area contributed by atoms with E-state index in [0.717, 1.165) is 38.2 Å². The molecule has 1 saturated heterocycles. The first kappa shape index (κ1) is 13.2. The van der Waals surface area contributed by atoms with Crippen molar-refractivity contribution in [2.24, 2.45) is 0 Å². The number of phenols is 1. The summed E-state index contributed by atoms with van der Waals surface area (Å²) in [7, 11) is 1.58. The van der Waals surface area contributed by atoms with Crippen LogP contribution < -0.4 is 10.1 Å². The number of methoxy groups -OCH3 is 1. The fraction of sp³-hybridized carbons (Fsp3) is 0.571. The van der Waals surface area contributed by atoms with Crippen LogP contribution in [0.5, 0.6) is 11.5 Å². The van der Waals surface area contributed by atoms with E-state index in [-0.39, 0.29) is 5.75 Å². The molecular weight excluding hydrogens is 228 g/mol. The van der Waals surface area contributed by atoms with Gasteiger partial charge in [-0.3, -0.25) is 4.90 Å². The zero-order valence-electron chi connectivity index (χ0n) is 11.1. The first-order valence-corrected chi connectivity index (χ1v) is 6.55. The SMILES string of the molecule is CCCN(Cc1cccc(OC)c1O)C1CNC1. The Morgan fingerprint density at radius 1 is 1.44 bits per heavy atom. The normalized spacial score (nSPS) is 15.7. The maximum Gasteiger partial charge on any atom is 0.162 e. The highest BCUT2D eigenvalue weighted by Crippen LogP contribution is 2.30. The Kier molecular flexibility index (Phi) is 4.44. The fourth-order valence-corrected chi connectivity index (χ4v) is 2.29. The molecule has 0 radical (unpaired) electrons. The highest BCUT2D eigenvalue weighted by atomic mass is 16.5. The molecule has 0 amide bonds. The van der Waals surface area contributed by atoms with Gasteiger partial charge in [-0.1, -0.05) is 19.1 Å². The van der Waals surface area contributed by atoms with Crippen LogP contribution in [0, 0.1) is 0 Å². The van der Waals surface area contributed by atoms with Crippen LogP contribution in [0.15, 0.2) is 18.2 Å². The minimum atomic E-state index is 0.272. The molecule has 1 aromatic carbocycles. The smallest absolute Gasteiger partial charge is 0.162 e. The van der Waals surface area contributed by atoms with E-state index >= 15 is 0 Å².